The summed E-state index contributed by atoms with van der Waals surface area (Å²) in [5, 5.41) is 2.08. The number of imide groups is 1. The molecule has 0 aromatic heterocycles. The first-order valence-electron chi connectivity index (χ1n) is 8.78. The second-order valence-electron chi connectivity index (χ2n) is 6.05. The molecule has 138 valence electrons. The van der Waals surface area contributed by atoms with Gasteiger partial charge in [-0.15, -0.1) is 0 Å². The van der Waals surface area contributed by atoms with E-state index in [4.69, 9.17) is 15.2 Å². The third-order valence-electron chi connectivity index (χ3n) is 4.12. The predicted octanol–water partition coefficient (Wildman–Crippen LogP) is 1.90. The van der Waals surface area contributed by atoms with Crippen LogP contribution in [-0.2, 0) is 4.79 Å². The highest BCUT2D eigenvalue weighted by Crippen LogP contribution is 2.29. The monoisotopic (exact) mass is 349 g/mol. The van der Waals surface area contributed by atoms with Crippen LogP contribution in [0.25, 0.3) is 0 Å². The highest BCUT2D eigenvalue weighted by molar-refractivity contribution is 5.93. The van der Waals surface area contributed by atoms with Crippen LogP contribution in [0.4, 0.5) is 4.79 Å². The van der Waals surface area contributed by atoms with Crippen LogP contribution in [0.5, 0.6) is 11.5 Å². The summed E-state index contributed by atoms with van der Waals surface area (Å²) in [6, 6.07) is 6.95. The van der Waals surface area contributed by atoms with Crippen LogP contribution in [0.3, 0.4) is 0 Å². The maximum absolute atomic E-state index is 11.4. The zero-order chi connectivity index (χ0) is 18.1. The molecular formula is C18H27N3O4. The molecule has 1 aliphatic rings. The quantitative estimate of drug-likeness (QED) is 0.748. The van der Waals surface area contributed by atoms with Gasteiger partial charge >= 0.3 is 6.03 Å². The highest BCUT2D eigenvalue weighted by atomic mass is 16.5. The summed E-state index contributed by atoms with van der Waals surface area (Å²) < 4.78 is 11.7. The lowest BCUT2D eigenvalue weighted by Gasteiger charge is -2.32. The normalized spacial score (nSPS) is 15.6. The van der Waals surface area contributed by atoms with Crippen molar-refractivity contribution in [3.63, 3.8) is 0 Å². The minimum Gasteiger partial charge on any atom is -0.490 e. The first kappa shape index (κ1) is 19.1. The predicted molar refractivity (Wildman–Crippen MR) is 94.7 cm³/mol. The number of hydrogen-bond donors (Lipinski definition) is 2. The van der Waals surface area contributed by atoms with Crippen molar-refractivity contribution in [3.05, 3.63) is 24.3 Å². The average Bonchev–Trinajstić information content (AvgIpc) is 2.58. The fourth-order valence-corrected chi connectivity index (χ4v) is 2.92. The number of urea groups is 1. The maximum atomic E-state index is 11.4. The van der Waals surface area contributed by atoms with E-state index in [0.717, 1.165) is 44.0 Å². The molecule has 1 aliphatic heterocycles. The smallest absolute Gasteiger partial charge is 0.318 e. The Kier molecular flexibility index (Phi) is 7.53. The van der Waals surface area contributed by atoms with Gasteiger partial charge in [0.2, 0.25) is 5.91 Å². The van der Waals surface area contributed by atoms with E-state index in [1.165, 1.54) is 0 Å². The topological polar surface area (TPSA) is 93.9 Å². The number of nitrogens with zero attached hydrogens (tertiary/aromatic N) is 1. The lowest BCUT2D eigenvalue weighted by molar-refractivity contribution is -0.120. The van der Waals surface area contributed by atoms with Crippen LogP contribution in [0.15, 0.2) is 24.3 Å². The van der Waals surface area contributed by atoms with Crippen LogP contribution < -0.4 is 20.5 Å². The fraction of sp³-hybridized carbons (Fsp3) is 0.556. The van der Waals surface area contributed by atoms with Crippen molar-refractivity contribution >= 4 is 11.9 Å². The number of nitrogens with one attached hydrogen (secondary N) is 1. The summed E-state index contributed by atoms with van der Waals surface area (Å²) in [5.41, 5.74) is 4.91. The number of carbonyl (C=O) groups excluding carboxylic acids is 2. The van der Waals surface area contributed by atoms with Gasteiger partial charge in [0.15, 0.2) is 11.5 Å². The number of amides is 3. The summed E-state index contributed by atoms with van der Waals surface area (Å²) in [4.78, 5) is 24.3. The molecule has 3 amide bonds. The molecule has 2 rings (SSSR count). The van der Waals surface area contributed by atoms with E-state index in [0.29, 0.717) is 19.4 Å². The average molecular weight is 349 g/mol. The summed E-state index contributed by atoms with van der Waals surface area (Å²) in [6.07, 6.45) is 3.07. The van der Waals surface area contributed by atoms with Gasteiger partial charge in [-0.1, -0.05) is 12.1 Å². The molecule has 0 spiro atoms. The molecular weight excluding hydrogens is 322 g/mol. The Labute approximate surface area is 148 Å². The largest absolute Gasteiger partial charge is 0.490 e. The second kappa shape index (κ2) is 9.88. The van der Waals surface area contributed by atoms with Crippen LogP contribution in [0, 0.1) is 0 Å². The lowest BCUT2D eigenvalue weighted by Crippen LogP contribution is -2.39. The van der Waals surface area contributed by atoms with E-state index >= 15 is 0 Å². The number of rotatable bonds is 8. The third-order valence-corrected chi connectivity index (χ3v) is 4.12. The SMILES string of the molecule is CCOc1ccccc1OC1CCN(CCCC(=O)NC(N)=O)CC1. The molecule has 1 saturated heterocycles. The van der Waals surface area contributed by atoms with Gasteiger partial charge in [-0.25, -0.2) is 4.79 Å². The summed E-state index contributed by atoms with van der Waals surface area (Å²) >= 11 is 0. The molecule has 1 aromatic rings. The number of likely N-dealkylation sites (tertiary alicyclic amines) is 1. The molecule has 0 unspecified atom stereocenters. The van der Waals surface area contributed by atoms with E-state index in [1.54, 1.807) is 0 Å². The molecule has 1 heterocycles. The van der Waals surface area contributed by atoms with Crippen molar-refractivity contribution in [1.29, 1.82) is 0 Å². The first-order chi connectivity index (χ1) is 12.1. The van der Waals surface area contributed by atoms with Crippen molar-refractivity contribution in [2.24, 2.45) is 5.73 Å². The molecule has 0 radical (unpaired) electrons. The highest BCUT2D eigenvalue weighted by Gasteiger charge is 2.21. The first-order valence-corrected chi connectivity index (χ1v) is 8.78. The standard InChI is InChI=1S/C18H27N3O4/c1-2-24-15-6-3-4-7-16(15)25-14-9-12-21(13-10-14)11-5-8-17(22)20-18(19)23/h3-4,6-7,14H,2,5,8-13H2,1H3,(H3,19,20,22,23). The van der Waals surface area contributed by atoms with Crippen LogP contribution in [0.2, 0.25) is 0 Å². The van der Waals surface area contributed by atoms with Crippen LogP contribution in [0.1, 0.15) is 32.6 Å². The maximum Gasteiger partial charge on any atom is 0.318 e. The number of nitrogens with two attached hydrogens (primary N) is 1. The van der Waals surface area contributed by atoms with Gasteiger partial charge in [0.1, 0.15) is 6.10 Å². The lowest BCUT2D eigenvalue weighted by atomic mass is 10.1. The van der Waals surface area contributed by atoms with Crippen molar-refractivity contribution in [2.45, 2.75) is 38.7 Å². The van der Waals surface area contributed by atoms with Gasteiger partial charge in [0, 0.05) is 19.5 Å². The zero-order valence-corrected chi connectivity index (χ0v) is 14.7. The summed E-state index contributed by atoms with van der Waals surface area (Å²) in [6.45, 7) is 5.26. The Morgan fingerprint density at radius 2 is 1.92 bits per heavy atom. The minimum atomic E-state index is -0.796. The molecule has 25 heavy (non-hydrogen) atoms. The number of ether oxygens (including phenoxy) is 2. The number of piperidine rings is 1. The van der Waals surface area contributed by atoms with Gasteiger partial charge in [-0.3, -0.25) is 10.1 Å². The van der Waals surface area contributed by atoms with Gasteiger partial charge in [0.05, 0.1) is 6.61 Å². The number of hydrogen-bond acceptors (Lipinski definition) is 5. The number of carbonyl (C=O) groups is 2. The van der Waals surface area contributed by atoms with Gasteiger partial charge in [0.25, 0.3) is 0 Å². The van der Waals surface area contributed by atoms with E-state index in [-0.39, 0.29) is 12.0 Å². The molecule has 7 heteroatoms. The van der Waals surface area contributed by atoms with Crippen LogP contribution >= 0.6 is 0 Å². The fourth-order valence-electron chi connectivity index (χ4n) is 2.92. The number of para-hydroxylation sites is 2. The zero-order valence-electron chi connectivity index (χ0n) is 14.7. The van der Waals surface area contributed by atoms with Crippen LogP contribution in [-0.4, -0.2) is 49.2 Å². The van der Waals surface area contributed by atoms with E-state index < -0.39 is 6.03 Å². The van der Waals surface area contributed by atoms with Crippen molar-refractivity contribution in [3.8, 4) is 11.5 Å². The molecule has 7 nitrogen and oxygen atoms in total. The van der Waals surface area contributed by atoms with E-state index in [9.17, 15) is 9.59 Å². The second-order valence-corrected chi connectivity index (χ2v) is 6.05. The molecule has 0 bridgehead atoms. The Bertz CT molecular complexity index is 571. The number of primary amides is 1. The van der Waals surface area contributed by atoms with Crippen molar-refractivity contribution < 1.29 is 19.1 Å². The Balaban J connectivity index is 1.69. The number of benzene rings is 1. The minimum absolute atomic E-state index is 0.177. The molecule has 0 atom stereocenters. The molecule has 0 saturated carbocycles. The molecule has 0 aliphatic carbocycles. The van der Waals surface area contributed by atoms with Crippen molar-refractivity contribution in [2.75, 3.05) is 26.2 Å². The van der Waals surface area contributed by atoms with E-state index in [1.807, 2.05) is 31.2 Å². The van der Waals surface area contributed by atoms with Gasteiger partial charge in [-0.2, -0.15) is 0 Å². The molecule has 1 fully saturated rings. The van der Waals surface area contributed by atoms with Crippen molar-refractivity contribution in [1.82, 2.24) is 10.2 Å². The molecule has 3 N–H and O–H groups in total. The third kappa shape index (κ3) is 6.62. The van der Waals surface area contributed by atoms with Gasteiger partial charge < -0.3 is 20.1 Å². The summed E-state index contributed by atoms with van der Waals surface area (Å²) in [5.74, 6) is 1.26. The Hall–Kier alpha value is -2.28. The molecule has 1 aromatic carbocycles. The summed E-state index contributed by atoms with van der Waals surface area (Å²) in [7, 11) is 0. The Morgan fingerprint density at radius 3 is 2.56 bits per heavy atom. The van der Waals surface area contributed by atoms with Gasteiger partial charge in [-0.05, 0) is 44.9 Å². The van der Waals surface area contributed by atoms with E-state index in [2.05, 4.69) is 10.2 Å². The Morgan fingerprint density at radius 1 is 1.24 bits per heavy atom.